The summed E-state index contributed by atoms with van der Waals surface area (Å²) in [6.45, 7) is 2.36. The molecule has 4 nitrogen and oxygen atoms in total. The standard InChI is InChI=1S/C13H20N2O2/c1-2-11(16)8-9-15-13(17)12(14)10-6-4-3-5-7-10/h3-7,11-12,16H,2,8-9,14H2,1H3,(H,15,17). The van der Waals surface area contributed by atoms with Crippen molar-refractivity contribution in [3.05, 3.63) is 35.9 Å². The summed E-state index contributed by atoms with van der Waals surface area (Å²) in [7, 11) is 0. The third-order valence-electron chi connectivity index (χ3n) is 2.69. The van der Waals surface area contributed by atoms with Crippen molar-refractivity contribution in [1.29, 1.82) is 0 Å². The Labute approximate surface area is 102 Å². The van der Waals surface area contributed by atoms with Gasteiger partial charge in [-0.2, -0.15) is 0 Å². The second kappa shape index (κ2) is 7.04. The number of aliphatic hydroxyl groups excluding tert-OH is 1. The number of benzene rings is 1. The molecular weight excluding hydrogens is 216 g/mol. The lowest BCUT2D eigenvalue weighted by atomic mass is 10.1. The Morgan fingerprint density at radius 1 is 1.41 bits per heavy atom. The lowest BCUT2D eigenvalue weighted by Gasteiger charge is -2.13. The molecular formula is C13H20N2O2. The van der Waals surface area contributed by atoms with Gasteiger partial charge in [-0.05, 0) is 18.4 Å². The van der Waals surface area contributed by atoms with E-state index in [1.807, 2.05) is 37.3 Å². The molecule has 94 valence electrons. The maximum Gasteiger partial charge on any atom is 0.241 e. The van der Waals surface area contributed by atoms with E-state index < -0.39 is 6.04 Å². The molecule has 2 atom stereocenters. The lowest BCUT2D eigenvalue weighted by Crippen LogP contribution is -2.35. The van der Waals surface area contributed by atoms with E-state index in [1.165, 1.54) is 0 Å². The van der Waals surface area contributed by atoms with E-state index in [-0.39, 0.29) is 12.0 Å². The largest absolute Gasteiger partial charge is 0.393 e. The third-order valence-corrected chi connectivity index (χ3v) is 2.69. The van der Waals surface area contributed by atoms with Crippen LogP contribution in [0.4, 0.5) is 0 Å². The van der Waals surface area contributed by atoms with Gasteiger partial charge in [0.15, 0.2) is 0 Å². The molecule has 1 amide bonds. The summed E-state index contributed by atoms with van der Waals surface area (Å²) < 4.78 is 0. The molecule has 0 heterocycles. The monoisotopic (exact) mass is 236 g/mol. The second-order valence-electron chi connectivity index (χ2n) is 4.03. The van der Waals surface area contributed by atoms with Gasteiger partial charge in [0.25, 0.3) is 0 Å². The van der Waals surface area contributed by atoms with E-state index in [2.05, 4.69) is 5.32 Å². The molecule has 0 saturated carbocycles. The minimum absolute atomic E-state index is 0.209. The number of aliphatic hydroxyl groups is 1. The predicted molar refractivity (Wildman–Crippen MR) is 67.3 cm³/mol. The van der Waals surface area contributed by atoms with E-state index in [9.17, 15) is 9.90 Å². The number of nitrogens with one attached hydrogen (secondary N) is 1. The Kier molecular flexibility index (Phi) is 5.66. The van der Waals surface area contributed by atoms with Gasteiger partial charge in [-0.1, -0.05) is 37.3 Å². The zero-order valence-corrected chi connectivity index (χ0v) is 10.1. The van der Waals surface area contributed by atoms with Crippen molar-refractivity contribution >= 4 is 5.91 Å². The van der Waals surface area contributed by atoms with Crippen molar-refractivity contribution in [3.63, 3.8) is 0 Å². The normalized spacial score (nSPS) is 14.1. The van der Waals surface area contributed by atoms with Crippen LogP contribution in [0.15, 0.2) is 30.3 Å². The Morgan fingerprint density at radius 3 is 2.65 bits per heavy atom. The van der Waals surface area contributed by atoms with Gasteiger partial charge in [0.05, 0.1) is 6.10 Å². The van der Waals surface area contributed by atoms with Gasteiger partial charge in [-0.25, -0.2) is 0 Å². The highest BCUT2D eigenvalue weighted by Gasteiger charge is 2.14. The van der Waals surface area contributed by atoms with Gasteiger partial charge in [0.1, 0.15) is 6.04 Å². The number of nitrogens with two attached hydrogens (primary N) is 1. The highest BCUT2D eigenvalue weighted by Crippen LogP contribution is 2.09. The van der Waals surface area contributed by atoms with Gasteiger partial charge in [0.2, 0.25) is 5.91 Å². The minimum atomic E-state index is -0.644. The highest BCUT2D eigenvalue weighted by molar-refractivity contribution is 5.82. The topological polar surface area (TPSA) is 75.3 Å². The SMILES string of the molecule is CCC(O)CCNC(=O)C(N)c1ccccc1. The van der Waals surface area contributed by atoms with Gasteiger partial charge < -0.3 is 16.2 Å². The first kappa shape index (κ1) is 13.7. The summed E-state index contributed by atoms with van der Waals surface area (Å²) in [5.74, 6) is -0.209. The van der Waals surface area contributed by atoms with Crippen LogP contribution in [0.2, 0.25) is 0 Å². The molecule has 1 rings (SSSR count). The molecule has 0 aliphatic carbocycles. The molecule has 0 aliphatic heterocycles. The Bertz CT molecular complexity index is 341. The van der Waals surface area contributed by atoms with Crippen LogP contribution in [0, 0.1) is 0 Å². The van der Waals surface area contributed by atoms with Crippen LogP contribution in [-0.2, 0) is 4.79 Å². The highest BCUT2D eigenvalue weighted by atomic mass is 16.3. The van der Waals surface area contributed by atoms with Crippen LogP contribution >= 0.6 is 0 Å². The Hall–Kier alpha value is -1.39. The number of carbonyl (C=O) groups excluding carboxylic acids is 1. The van der Waals surface area contributed by atoms with Crippen molar-refractivity contribution < 1.29 is 9.90 Å². The summed E-state index contributed by atoms with van der Waals surface area (Å²) in [5, 5.41) is 12.1. The van der Waals surface area contributed by atoms with E-state index >= 15 is 0 Å². The molecule has 0 bridgehead atoms. The van der Waals surface area contributed by atoms with Crippen molar-refractivity contribution in [2.24, 2.45) is 5.73 Å². The molecule has 4 N–H and O–H groups in total. The molecule has 0 aliphatic rings. The second-order valence-corrected chi connectivity index (χ2v) is 4.03. The van der Waals surface area contributed by atoms with Gasteiger partial charge in [-0.15, -0.1) is 0 Å². The van der Waals surface area contributed by atoms with Gasteiger partial charge in [-0.3, -0.25) is 4.79 Å². The van der Waals surface area contributed by atoms with E-state index in [4.69, 9.17) is 5.73 Å². The summed E-state index contributed by atoms with van der Waals surface area (Å²) in [5.41, 5.74) is 6.61. The first-order valence-corrected chi connectivity index (χ1v) is 5.91. The first-order valence-electron chi connectivity index (χ1n) is 5.91. The zero-order valence-electron chi connectivity index (χ0n) is 10.1. The van der Waals surface area contributed by atoms with Crippen molar-refractivity contribution in [1.82, 2.24) is 5.32 Å². The van der Waals surface area contributed by atoms with Crippen LogP contribution in [0.25, 0.3) is 0 Å². The number of rotatable bonds is 6. The Morgan fingerprint density at radius 2 is 2.06 bits per heavy atom. The molecule has 2 unspecified atom stereocenters. The molecule has 0 saturated heterocycles. The van der Waals surface area contributed by atoms with E-state index in [1.54, 1.807) is 0 Å². The fourth-order valence-corrected chi connectivity index (χ4v) is 1.49. The zero-order chi connectivity index (χ0) is 12.7. The molecule has 0 spiro atoms. The van der Waals surface area contributed by atoms with E-state index in [0.29, 0.717) is 19.4 Å². The average molecular weight is 236 g/mol. The van der Waals surface area contributed by atoms with Gasteiger partial charge >= 0.3 is 0 Å². The fourth-order valence-electron chi connectivity index (χ4n) is 1.49. The predicted octanol–water partition coefficient (Wildman–Crippen LogP) is 0.964. The lowest BCUT2D eigenvalue weighted by molar-refractivity contribution is -0.122. The Balaban J connectivity index is 2.38. The van der Waals surface area contributed by atoms with Crippen LogP contribution in [0.5, 0.6) is 0 Å². The number of carbonyl (C=O) groups is 1. The molecule has 0 radical (unpaired) electrons. The molecule has 1 aromatic rings. The third kappa shape index (κ3) is 4.54. The molecule has 0 aromatic heterocycles. The molecule has 1 aromatic carbocycles. The quantitative estimate of drug-likeness (QED) is 0.688. The molecule has 4 heteroatoms. The molecule has 17 heavy (non-hydrogen) atoms. The first-order chi connectivity index (χ1) is 8.15. The number of hydrogen-bond acceptors (Lipinski definition) is 3. The summed E-state index contributed by atoms with van der Waals surface area (Å²) >= 11 is 0. The van der Waals surface area contributed by atoms with Crippen LogP contribution in [0.3, 0.4) is 0 Å². The number of amides is 1. The fraction of sp³-hybridized carbons (Fsp3) is 0.462. The summed E-state index contributed by atoms with van der Waals surface area (Å²) in [6.07, 6.45) is 0.896. The summed E-state index contributed by atoms with van der Waals surface area (Å²) in [6, 6.07) is 8.59. The maximum absolute atomic E-state index is 11.7. The molecule has 0 fully saturated rings. The minimum Gasteiger partial charge on any atom is -0.393 e. The van der Waals surface area contributed by atoms with Crippen LogP contribution < -0.4 is 11.1 Å². The smallest absolute Gasteiger partial charge is 0.241 e. The summed E-state index contributed by atoms with van der Waals surface area (Å²) in [4.78, 5) is 11.7. The maximum atomic E-state index is 11.7. The van der Waals surface area contributed by atoms with Crippen LogP contribution in [0.1, 0.15) is 31.4 Å². The van der Waals surface area contributed by atoms with Gasteiger partial charge in [0, 0.05) is 6.54 Å². The van der Waals surface area contributed by atoms with E-state index in [0.717, 1.165) is 5.56 Å². The van der Waals surface area contributed by atoms with Crippen molar-refractivity contribution in [2.45, 2.75) is 31.9 Å². The van der Waals surface area contributed by atoms with Crippen LogP contribution in [-0.4, -0.2) is 23.7 Å². The van der Waals surface area contributed by atoms with Crippen molar-refractivity contribution in [2.75, 3.05) is 6.54 Å². The average Bonchev–Trinajstić information content (AvgIpc) is 2.38. The van der Waals surface area contributed by atoms with Crippen molar-refractivity contribution in [3.8, 4) is 0 Å². The number of hydrogen-bond donors (Lipinski definition) is 3.